The summed E-state index contributed by atoms with van der Waals surface area (Å²) in [6.07, 6.45) is 3.96. The Bertz CT molecular complexity index is 919. The topological polar surface area (TPSA) is 56.0 Å². The smallest absolute Gasteiger partial charge is 0.258 e. The number of benzene rings is 2. The van der Waals surface area contributed by atoms with Crippen molar-refractivity contribution in [3.05, 3.63) is 68.7 Å². The zero-order chi connectivity index (χ0) is 17.3. The van der Waals surface area contributed by atoms with Gasteiger partial charge in [-0.25, -0.2) is 4.98 Å². The zero-order valence-electron chi connectivity index (χ0n) is 13.8. The molecular weight excluding hydrogens is 320 g/mol. The van der Waals surface area contributed by atoms with Gasteiger partial charge in [0.1, 0.15) is 5.01 Å². The van der Waals surface area contributed by atoms with Gasteiger partial charge in [0.25, 0.3) is 5.69 Å². The van der Waals surface area contributed by atoms with E-state index in [2.05, 4.69) is 50.0 Å². The highest BCUT2D eigenvalue weighted by atomic mass is 32.1. The van der Waals surface area contributed by atoms with Crippen LogP contribution in [-0.2, 0) is 5.41 Å². The molecule has 122 valence electrons. The van der Waals surface area contributed by atoms with Crippen molar-refractivity contribution in [3.63, 3.8) is 0 Å². The third kappa shape index (κ3) is 3.51. The number of rotatable bonds is 3. The maximum Gasteiger partial charge on any atom is 0.271 e. The molecule has 3 aromatic rings. The number of aromatic nitrogens is 1. The van der Waals surface area contributed by atoms with Crippen LogP contribution in [0.5, 0.6) is 0 Å². The van der Waals surface area contributed by atoms with Crippen molar-refractivity contribution in [2.45, 2.75) is 26.2 Å². The first-order chi connectivity index (χ1) is 11.3. The summed E-state index contributed by atoms with van der Waals surface area (Å²) in [5.41, 5.74) is 3.28. The van der Waals surface area contributed by atoms with Crippen molar-refractivity contribution in [1.82, 2.24) is 4.98 Å². The number of nitro benzene ring substituents is 1. The molecule has 1 aromatic heterocycles. The summed E-state index contributed by atoms with van der Waals surface area (Å²) in [5, 5.41) is 11.7. The van der Waals surface area contributed by atoms with Crippen LogP contribution in [0, 0.1) is 10.1 Å². The van der Waals surface area contributed by atoms with Crippen molar-refractivity contribution >= 4 is 39.4 Å². The van der Waals surface area contributed by atoms with Gasteiger partial charge in [-0.1, -0.05) is 51.1 Å². The standard InChI is InChI=1S/C19H18N2O2S/c1-19(2,3)14-7-4-13(5-8-14)6-11-18-20-16-12-15(21(22)23)9-10-17(16)24-18/h4-12H,1-3H3/b11-6+. The molecule has 0 N–H and O–H groups in total. The lowest BCUT2D eigenvalue weighted by molar-refractivity contribution is -0.384. The van der Waals surface area contributed by atoms with Crippen LogP contribution in [0.25, 0.3) is 22.4 Å². The van der Waals surface area contributed by atoms with Crippen molar-refractivity contribution in [3.8, 4) is 0 Å². The number of non-ortho nitro benzene ring substituents is 1. The van der Waals surface area contributed by atoms with Crippen molar-refractivity contribution in [2.75, 3.05) is 0 Å². The monoisotopic (exact) mass is 338 g/mol. The molecule has 0 spiro atoms. The van der Waals surface area contributed by atoms with Gasteiger partial charge in [-0.3, -0.25) is 10.1 Å². The minimum atomic E-state index is -0.398. The number of nitro groups is 1. The molecule has 0 saturated carbocycles. The minimum Gasteiger partial charge on any atom is -0.258 e. The molecular formula is C19H18N2O2S. The molecule has 0 radical (unpaired) electrons. The fourth-order valence-electron chi connectivity index (χ4n) is 2.38. The van der Waals surface area contributed by atoms with Crippen LogP contribution >= 0.6 is 11.3 Å². The van der Waals surface area contributed by atoms with Crippen molar-refractivity contribution in [1.29, 1.82) is 0 Å². The molecule has 0 atom stereocenters. The fraction of sp³-hybridized carbons (Fsp3) is 0.211. The van der Waals surface area contributed by atoms with Crippen LogP contribution in [0.1, 0.15) is 36.9 Å². The maximum atomic E-state index is 10.8. The van der Waals surface area contributed by atoms with Crippen LogP contribution in [-0.4, -0.2) is 9.91 Å². The van der Waals surface area contributed by atoms with Gasteiger partial charge in [0.2, 0.25) is 0 Å². The first-order valence-electron chi connectivity index (χ1n) is 7.66. The maximum absolute atomic E-state index is 10.8. The Morgan fingerprint density at radius 3 is 2.42 bits per heavy atom. The summed E-state index contributed by atoms with van der Waals surface area (Å²) in [6, 6.07) is 13.2. The lowest BCUT2D eigenvalue weighted by atomic mass is 9.87. The van der Waals surface area contributed by atoms with Crippen LogP contribution in [0.2, 0.25) is 0 Å². The van der Waals surface area contributed by atoms with Gasteiger partial charge < -0.3 is 0 Å². The molecule has 0 bridgehead atoms. The summed E-state index contributed by atoms with van der Waals surface area (Å²) in [5.74, 6) is 0. The van der Waals surface area contributed by atoms with E-state index >= 15 is 0 Å². The average molecular weight is 338 g/mol. The van der Waals surface area contributed by atoms with Gasteiger partial charge >= 0.3 is 0 Å². The van der Waals surface area contributed by atoms with Crippen molar-refractivity contribution in [2.24, 2.45) is 0 Å². The van der Waals surface area contributed by atoms with Crippen molar-refractivity contribution < 1.29 is 4.92 Å². The molecule has 0 aliphatic carbocycles. The molecule has 5 heteroatoms. The Hall–Kier alpha value is -2.53. The Balaban J connectivity index is 1.83. The van der Waals surface area contributed by atoms with Gasteiger partial charge in [0.05, 0.1) is 15.1 Å². The number of fused-ring (bicyclic) bond motifs is 1. The molecule has 0 unspecified atom stereocenters. The van der Waals surface area contributed by atoms with E-state index < -0.39 is 4.92 Å². The second-order valence-corrected chi connectivity index (χ2v) is 7.73. The highest BCUT2D eigenvalue weighted by Crippen LogP contribution is 2.27. The first kappa shape index (κ1) is 16.3. The third-order valence-electron chi connectivity index (χ3n) is 3.79. The van der Waals surface area contributed by atoms with Crippen LogP contribution < -0.4 is 0 Å². The number of hydrogen-bond donors (Lipinski definition) is 0. The van der Waals surface area contributed by atoms with E-state index in [0.717, 1.165) is 15.3 Å². The van der Waals surface area contributed by atoms with Gasteiger partial charge in [-0.05, 0) is 28.7 Å². The lowest BCUT2D eigenvalue weighted by Crippen LogP contribution is -2.10. The molecule has 0 aliphatic heterocycles. The SMILES string of the molecule is CC(C)(C)c1ccc(/C=C/c2nc3cc([N+](=O)[O-])ccc3s2)cc1. The molecule has 0 fully saturated rings. The Kier molecular flexibility index (Phi) is 4.20. The van der Waals surface area contributed by atoms with Gasteiger partial charge in [0.15, 0.2) is 0 Å². The number of thiazole rings is 1. The fourth-order valence-corrected chi connectivity index (χ4v) is 3.23. The van der Waals surface area contributed by atoms with E-state index in [1.165, 1.54) is 29.0 Å². The molecule has 2 aromatic carbocycles. The lowest BCUT2D eigenvalue weighted by Gasteiger charge is -2.18. The highest BCUT2D eigenvalue weighted by molar-refractivity contribution is 7.19. The normalized spacial score (nSPS) is 12.1. The minimum absolute atomic E-state index is 0.0705. The molecule has 0 aliphatic rings. The van der Waals surface area contributed by atoms with E-state index in [1.54, 1.807) is 6.07 Å². The molecule has 3 rings (SSSR count). The largest absolute Gasteiger partial charge is 0.271 e. The Morgan fingerprint density at radius 1 is 1.08 bits per heavy atom. The quantitative estimate of drug-likeness (QED) is 0.456. The average Bonchev–Trinajstić information content (AvgIpc) is 2.94. The first-order valence-corrected chi connectivity index (χ1v) is 8.48. The van der Waals surface area contributed by atoms with E-state index in [9.17, 15) is 10.1 Å². The van der Waals surface area contributed by atoms with Gasteiger partial charge in [-0.15, -0.1) is 11.3 Å². The Morgan fingerprint density at radius 2 is 1.79 bits per heavy atom. The highest BCUT2D eigenvalue weighted by Gasteiger charge is 2.12. The molecule has 1 heterocycles. The zero-order valence-corrected chi connectivity index (χ0v) is 14.6. The molecule has 24 heavy (non-hydrogen) atoms. The third-order valence-corrected chi connectivity index (χ3v) is 4.80. The summed E-state index contributed by atoms with van der Waals surface area (Å²) < 4.78 is 0.948. The number of hydrogen-bond acceptors (Lipinski definition) is 4. The van der Waals surface area contributed by atoms with Gasteiger partial charge in [0, 0.05) is 12.1 Å². The summed E-state index contributed by atoms with van der Waals surface area (Å²) in [7, 11) is 0. The molecule has 0 saturated heterocycles. The second kappa shape index (κ2) is 6.17. The predicted octanol–water partition coefficient (Wildman–Crippen LogP) is 5.67. The molecule has 4 nitrogen and oxygen atoms in total. The van der Waals surface area contributed by atoms with E-state index in [0.29, 0.717) is 5.52 Å². The summed E-state index contributed by atoms with van der Waals surface area (Å²) in [6.45, 7) is 6.58. The van der Waals surface area contributed by atoms with E-state index in [4.69, 9.17) is 0 Å². The number of nitrogens with zero attached hydrogens (tertiary/aromatic N) is 2. The van der Waals surface area contributed by atoms with Crippen LogP contribution in [0.15, 0.2) is 42.5 Å². The second-order valence-electron chi connectivity index (χ2n) is 6.67. The van der Waals surface area contributed by atoms with E-state index in [1.807, 2.05) is 12.2 Å². The predicted molar refractivity (Wildman–Crippen MR) is 100 cm³/mol. The van der Waals surface area contributed by atoms with Gasteiger partial charge in [-0.2, -0.15) is 0 Å². The van der Waals surface area contributed by atoms with E-state index in [-0.39, 0.29) is 11.1 Å². The summed E-state index contributed by atoms with van der Waals surface area (Å²) in [4.78, 5) is 14.9. The Labute approximate surface area is 144 Å². The summed E-state index contributed by atoms with van der Waals surface area (Å²) >= 11 is 1.52. The van der Waals surface area contributed by atoms with Crippen LogP contribution in [0.3, 0.4) is 0 Å². The molecule has 0 amide bonds. The van der Waals surface area contributed by atoms with Crippen LogP contribution in [0.4, 0.5) is 5.69 Å².